The van der Waals surface area contributed by atoms with Crippen LogP contribution in [0.3, 0.4) is 0 Å². The van der Waals surface area contributed by atoms with Crippen molar-refractivity contribution in [3.63, 3.8) is 0 Å². The first-order valence-corrected chi connectivity index (χ1v) is 8.73. The van der Waals surface area contributed by atoms with E-state index in [1.807, 2.05) is 6.29 Å². The molecular weight excluding hydrogens is 248 g/mol. The van der Waals surface area contributed by atoms with E-state index in [0.29, 0.717) is 0 Å². The fourth-order valence-electron chi connectivity index (χ4n) is 2.87. The van der Waals surface area contributed by atoms with Crippen molar-refractivity contribution < 1.29 is 9.53 Å². The normalized spacial score (nSPS) is 11.8. The molecule has 0 saturated heterocycles. The molecule has 1 radical (unpaired) electrons. The van der Waals surface area contributed by atoms with Gasteiger partial charge in [0.1, 0.15) is 6.61 Å². The summed E-state index contributed by atoms with van der Waals surface area (Å²) in [5.74, 6) is 0. The van der Waals surface area contributed by atoms with Crippen LogP contribution in [-0.2, 0) is 9.53 Å². The Morgan fingerprint density at radius 3 is 1.45 bits per heavy atom. The maximum Gasteiger partial charge on any atom is 0.226 e. The second-order valence-electron chi connectivity index (χ2n) is 5.99. The fourth-order valence-corrected chi connectivity index (χ4v) is 2.87. The van der Waals surface area contributed by atoms with Crippen molar-refractivity contribution in [1.82, 2.24) is 0 Å². The quantitative estimate of drug-likeness (QED) is 0.366. The Kier molecular flexibility index (Phi) is 13.4. The minimum atomic E-state index is -0.0586. The topological polar surface area (TPSA) is 26.3 Å². The molecule has 0 aromatic heterocycles. The predicted octanol–water partition coefficient (Wildman–Crippen LogP) is 5.59. The van der Waals surface area contributed by atoms with E-state index >= 15 is 0 Å². The highest BCUT2D eigenvalue weighted by molar-refractivity contribution is 5.51. The first kappa shape index (κ1) is 19.6. The van der Waals surface area contributed by atoms with Crippen LogP contribution >= 0.6 is 0 Å². The third-order valence-electron chi connectivity index (χ3n) is 4.15. The zero-order chi connectivity index (χ0) is 15.1. The summed E-state index contributed by atoms with van der Waals surface area (Å²) in [6.07, 6.45) is 16.4. The van der Waals surface area contributed by atoms with Gasteiger partial charge in [-0.25, -0.2) is 0 Å². The van der Waals surface area contributed by atoms with Gasteiger partial charge < -0.3 is 4.74 Å². The van der Waals surface area contributed by atoms with E-state index in [9.17, 15) is 4.79 Å². The first-order valence-electron chi connectivity index (χ1n) is 8.73. The summed E-state index contributed by atoms with van der Waals surface area (Å²) < 4.78 is 6.00. The first-order chi connectivity index (χ1) is 9.74. The SMILES string of the molecule is CCCCCC(CCCCC)(CCCCC)OC[C]=O. The largest absolute Gasteiger partial charge is 0.367 e. The van der Waals surface area contributed by atoms with Gasteiger partial charge in [0, 0.05) is 0 Å². The summed E-state index contributed by atoms with van der Waals surface area (Å²) in [5, 5.41) is 0. The highest BCUT2D eigenvalue weighted by Gasteiger charge is 2.29. The van der Waals surface area contributed by atoms with Gasteiger partial charge in [0.25, 0.3) is 0 Å². The molecule has 0 bridgehead atoms. The summed E-state index contributed by atoms with van der Waals surface area (Å²) in [4.78, 5) is 10.6. The fraction of sp³-hybridized carbons (Fsp3) is 0.944. The molecule has 0 aromatic carbocycles. The van der Waals surface area contributed by atoms with Crippen LogP contribution in [0.2, 0.25) is 0 Å². The molecule has 0 fully saturated rings. The Labute approximate surface area is 126 Å². The van der Waals surface area contributed by atoms with Crippen molar-refractivity contribution in [2.45, 2.75) is 103 Å². The molecule has 20 heavy (non-hydrogen) atoms. The van der Waals surface area contributed by atoms with Crippen molar-refractivity contribution in [2.24, 2.45) is 0 Å². The molecule has 0 aliphatic carbocycles. The zero-order valence-electron chi connectivity index (χ0n) is 14.0. The molecule has 2 nitrogen and oxygen atoms in total. The van der Waals surface area contributed by atoms with Crippen LogP contribution in [-0.4, -0.2) is 18.5 Å². The number of rotatable bonds is 15. The summed E-state index contributed by atoms with van der Waals surface area (Å²) in [6, 6.07) is 0. The molecule has 0 N–H and O–H groups in total. The third kappa shape index (κ3) is 9.52. The number of hydrogen-bond donors (Lipinski definition) is 0. The average molecular weight is 283 g/mol. The Morgan fingerprint density at radius 2 is 1.15 bits per heavy atom. The summed E-state index contributed by atoms with van der Waals surface area (Å²) in [5.41, 5.74) is -0.0586. The molecule has 0 aliphatic rings. The van der Waals surface area contributed by atoms with Crippen LogP contribution in [0.1, 0.15) is 97.8 Å². The second kappa shape index (κ2) is 13.6. The Morgan fingerprint density at radius 1 is 0.750 bits per heavy atom. The van der Waals surface area contributed by atoms with Crippen LogP contribution in [0.5, 0.6) is 0 Å². The predicted molar refractivity (Wildman–Crippen MR) is 86.8 cm³/mol. The zero-order valence-corrected chi connectivity index (χ0v) is 14.0. The van der Waals surface area contributed by atoms with Crippen molar-refractivity contribution >= 4 is 6.29 Å². The van der Waals surface area contributed by atoms with Crippen molar-refractivity contribution in [2.75, 3.05) is 6.61 Å². The van der Waals surface area contributed by atoms with E-state index in [1.165, 1.54) is 57.8 Å². The molecular formula is C18H35O2. The third-order valence-corrected chi connectivity index (χ3v) is 4.15. The average Bonchev–Trinajstić information content (AvgIpc) is 2.46. The Hall–Kier alpha value is -0.370. The van der Waals surface area contributed by atoms with E-state index in [1.54, 1.807) is 0 Å². The molecule has 0 amide bonds. The lowest BCUT2D eigenvalue weighted by Gasteiger charge is -2.34. The highest BCUT2D eigenvalue weighted by atomic mass is 16.5. The van der Waals surface area contributed by atoms with Gasteiger partial charge in [-0.3, -0.25) is 4.79 Å². The number of hydrogen-bond acceptors (Lipinski definition) is 2. The van der Waals surface area contributed by atoms with E-state index in [0.717, 1.165) is 19.3 Å². The van der Waals surface area contributed by atoms with Gasteiger partial charge in [-0.15, -0.1) is 0 Å². The monoisotopic (exact) mass is 283 g/mol. The lowest BCUT2D eigenvalue weighted by Crippen LogP contribution is -2.33. The van der Waals surface area contributed by atoms with Crippen LogP contribution in [0.4, 0.5) is 0 Å². The minimum absolute atomic E-state index is 0.0586. The van der Waals surface area contributed by atoms with E-state index in [-0.39, 0.29) is 12.2 Å². The standard InChI is InChI=1S/C18H35O2/c1-4-7-10-13-18(20-17-16-19,14-11-8-5-2)15-12-9-6-3/h4-15,17H2,1-3H3. The smallest absolute Gasteiger partial charge is 0.226 e. The minimum Gasteiger partial charge on any atom is -0.367 e. The lowest BCUT2D eigenvalue weighted by molar-refractivity contribution is -0.0506. The number of carbonyl (C=O) groups excluding carboxylic acids is 1. The van der Waals surface area contributed by atoms with Gasteiger partial charge in [-0.1, -0.05) is 78.6 Å². The van der Waals surface area contributed by atoms with Crippen molar-refractivity contribution in [3.8, 4) is 0 Å². The summed E-state index contributed by atoms with van der Waals surface area (Å²) in [6.45, 7) is 6.84. The Bertz CT molecular complexity index is 187. The van der Waals surface area contributed by atoms with Gasteiger partial charge in [-0.2, -0.15) is 0 Å². The summed E-state index contributed by atoms with van der Waals surface area (Å²) in [7, 11) is 0. The molecule has 0 atom stereocenters. The van der Waals surface area contributed by atoms with Crippen LogP contribution < -0.4 is 0 Å². The molecule has 119 valence electrons. The molecule has 0 aromatic rings. The van der Waals surface area contributed by atoms with E-state index in [4.69, 9.17) is 4.74 Å². The molecule has 2 heteroatoms. The van der Waals surface area contributed by atoms with E-state index in [2.05, 4.69) is 20.8 Å². The van der Waals surface area contributed by atoms with Crippen LogP contribution in [0.15, 0.2) is 0 Å². The van der Waals surface area contributed by atoms with Gasteiger partial charge in [0.15, 0.2) is 0 Å². The molecule has 0 saturated carbocycles. The second-order valence-corrected chi connectivity index (χ2v) is 5.99. The maximum atomic E-state index is 10.6. The lowest BCUT2D eigenvalue weighted by atomic mass is 9.85. The number of ether oxygens (including phenoxy) is 1. The summed E-state index contributed by atoms with van der Waals surface area (Å²) >= 11 is 0. The van der Waals surface area contributed by atoms with Gasteiger partial charge >= 0.3 is 0 Å². The van der Waals surface area contributed by atoms with Crippen LogP contribution in [0, 0.1) is 0 Å². The van der Waals surface area contributed by atoms with Gasteiger partial charge in [0.05, 0.1) is 5.60 Å². The molecule has 0 aliphatic heterocycles. The number of unbranched alkanes of at least 4 members (excludes halogenated alkanes) is 6. The molecule has 0 heterocycles. The maximum absolute atomic E-state index is 10.6. The van der Waals surface area contributed by atoms with Gasteiger partial charge in [-0.05, 0) is 19.3 Å². The van der Waals surface area contributed by atoms with E-state index < -0.39 is 0 Å². The molecule has 0 spiro atoms. The van der Waals surface area contributed by atoms with Crippen molar-refractivity contribution in [3.05, 3.63) is 0 Å². The molecule has 0 unspecified atom stereocenters. The van der Waals surface area contributed by atoms with Crippen LogP contribution in [0.25, 0.3) is 0 Å². The molecule has 0 rings (SSSR count). The van der Waals surface area contributed by atoms with Gasteiger partial charge in [0.2, 0.25) is 6.29 Å². The Balaban J connectivity index is 4.51. The van der Waals surface area contributed by atoms with Crippen molar-refractivity contribution in [1.29, 1.82) is 0 Å². The highest BCUT2D eigenvalue weighted by Crippen LogP contribution is 2.32.